The predicted octanol–water partition coefficient (Wildman–Crippen LogP) is 2.05. The number of carbonyl (C=O) groups is 1. The number of aromatic nitrogens is 2. The molecule has 106 valence electrons. The van der Waals surface area contributed by atoms with Crippen LogP contribution in [0.15, 0.2) is 16.6 Å². The molecule has 7 heteroatoms. The summed E-state index contributed by atoms with van der Waals surface area (Å²) in [4.78, 5) is 15.7. The topological polar surface area (TPSA) is 72.9 Å². The third-order valence-electron chi connectivity index (χ3n) is 3.40. The molecule has 0 atom stereocenters. The molecule has 20 heavy (non-hydrogen) atoms. The number of nitrogen functional groups attached to an aromatic ring is 1. The number of hydrogen-bond acceptors (Lipinski definition) is 3. The lowest BCUT2D eigenvalue weighted by Crippen LogP contribution is -2.28. The summed E-state index contributed by atoms with van der Waals surface area (Å²) in [7, 11) is 0. The summed E-state index contributed by atoms with van der Waals surface area (Å²) in [5.74, 6) is 0.223. The minimum atomic E-state index is -0.360. The molecule has 1 fully saturated rings. The predicted molar refractivity (Wildman–Crippen MR) is 77.5 cm³/mol. The molecule has 1 aromatic heterocycles. The lowest BCUT2D eigenvalue weighted by atomic mass is 10.3. The van der Waals surface area contributed by atoms with Crippen LogP contribution >= 0.6 is 15.9 Å². The van der Waals surface area contributed by atoms with Gasteiger partial charge in [-0.3, -0.25) is 4.79 Å². The van der Waals surface area contributed by atoms with E-state index in [2.05, 4.69) is 26.2 Å². The molecule has 0 bridgehead atoms. The normalized spacial score (nSPS) is 14.7. The molecule has 1 amide bonds. The molecule has 1 saturated carbocycles. The molecule has 0 saturated heterocycles. The van der Waals surface area contributed by atoms with Gasteiger partial charge in [0.2, 0.25) is 11.9 Å². The fourth-order valence-corrected chi connectivity index (χ4v) is 2.49. The molecule has 1 aliphatic rings. The molecule has 1 aromatic carbocycles. The number of nitrogens with two attached hydrogens (primary N) is 1. The van der Waals surface area contributed by atoms with E-state index in [1.54, 1.807) is 10.6 Å². The molecule has 1 heterocycles. The second-order valence-electron chi connectivity index (χ2n) is 4.94. The maximum Gasteiger partial charge on any atom is 0.223 e. The van der Waals surface area contributed by atoms with Crippen molar-refractivity contribution in [1.82, 2.24) is 14.9 Å². The molecule has 0 unspecified atom stereocenters. The second-order valence-corrected chi connectivity index (χ2v) is 5.80. The Morgan fingerprint density at radius 3 is 3.00 bits per heavy atom. The van der Waals surface area contributed by atoms with Crippen LogP contribution in [-0.4, -0.2) is 22.0 Å². The van der Waals surface area contributed by atoms with Gasteiger partial charge in [0.15, 0.2) is 0 Å². The molecule has 5 nitrogen and oxygen atoms in total. The Morgan fingerprint density at radius 2 is 2.30 bits per heavy atom. The summed E-state index contributed by atoms with van der Waals surface area (Å²) in [5.41, 5.74) is 7.10. The Kier molecular flexibility index (Phi) is 3.37. The van der Waals surface area contributed by atoms with Crippen LogP contribution in [0.3, 0.4) is 0 Å². The van der Waals surface area contributed by atoms with Crippen LogP contribution in [0.1, 0.15) is 12.8 Å². The molecular formula is C13H14BrFN4O. The average molecular weight is 341 g/mol. The zero-order valence-electron chi connectivity index (χ0n) is 10.7. The number of imidazole rings is 1. The Labute approximate surface area is 123 Å². The van der Waals surface area contributed by atoms with Crippen LogP contribution in [0, 0.1) is 11.7 Å². The first-order valence-electron chi connectivity index (χ1n) is 6.44. The zero-order valence-corrected chi connectivity index (χ0v) is 12.3. The number of nitrogens with zero attached hydrogens (tertiary/aromatic N) is 2. The number of hydrogen-bond donors (Lipinski definition) is 2. The summed E-state index contributed by atoms with van der Waals surface area (Å²) in [6.45, 7) is 0.935. The first-order valence-corrected chi connectivity index (χ1v) is 7.24. The highest BCUT2D eigenvalue weighted by Crippen LogP contribution is 2.28. The van der Waals surface area contributed by atoms with Crippen molar-refractivity contribution in [3.05, 3.63) is 22.4 Å². The van der Waals surface area contributed by atoms with Crippen molar-refractivity contribution in [2.75, 3.05) is 12.3 Å². The summed E-state index contributed by atoms with van der Waals surface area (Å²) in [6, 6.07) is 2.99. The minimum Gasteiger partial charge on any atom is -0.369 e. The molecule has 2 aromatic rings. The molecule has 0 radical (unpaired) electrons. The van der Waals surface area contributed by atoms with E-state index in [0.29, 0.717) is 34.5 Å². The van der Waals surface area contributed by atoms with Gasteiger partial charge in [-0.1, -0.05) is 0 Å². The Morgan fingerprint density at radius 1 is 1.55 bits per heavy atom. The van der Waals surface area contributed by atoms with Crippen LogP contribution in [0.4, 0.5) is 10.3 Å². The summed E-state index contributed by atoms with van der Waals surface area (Å²) >= 11 is 3.12. The third-order valence-corrected chi connectivity index (χ3v) is 4.01. The van der Waals surface area contributed by atoms with Gasteiger partial charge in [0.1, 0.15) is 5.82 Å². The Balaban J connectivity index is 1.77. The number of anilines is 1. The van der Waals surface area contributed by atoms with Crippen LogP contribution in [0.5, 0.6) is 0 Å². The highest BCUT2D eigenvalue weighted by atomic mass is 79.9. The lowest BCUT2D eigenvalue weighted by Gasteiger charge is -2.08. The largest absolute Gasteiger partial charge is 0.369 e. The zero-order chi connectivity index (χ0) is 14.3. The van der Waals surface area contributed by atoms with Crippen LogP contribution < -0.4 is 11.1 Å². The number of benzene rings is 1. The van der Waals surface area contributed by atoms with E-state index in [1.807, 2.05) is 0 Å². The van der Waals surface area contributed by atoms with E-state index in [4.69, 9.17) is 5.73 Å². The van der Waals surface area contributed by atoms with Crippen LogP contribution in [0.2, 0.25) is 0 Å². The smallest absolute Gasteiger partial charge is 0.223 e. The molecule has 3 N–H and O–H groups in total. The van der Waals surface area contributed by atoms with Crippen LogP contribution in [-0.2, 0) is 11.3 Å². The van der Waals surface area contributed by atoms with Gasteiger partial charge in [-0.05, 0) is 34.8 Å². The summed E-state index contributed by atoms with van der Waals surface area (Å²) in [5, 5.41) is 2.85. The first-order chi connectivity index (χ1) is 9.56. The second kappa shape index (κ2) is 5.05. The maximum atomic E-state index is 13.6. The highest BCUT2D eigenvalue weighted by Gasteiger charge is 2.29. The van der Waals surface area contributed by atoms with E-state index in [1.165, 1.54) is 6.07 Å². The Hall–Kier alpha value is -1.63. The van der Waals surface area contributed by atoms with E-state index in [9.17, 15) is 9.18 Å². The van der Waals surface area contributed by atoms with E-state index in [0.717, 1.165) is 12.8 Å². The van der Waals surface area contributed by atoms with Crippen LogP contribution in [0.25, 0.3) is 11.0 Å². The van der Waals surface area contributed by atoms with E-state index in [-0.39, 0.29) is 17.6 Å². The number of carbonyl (C=O) groups excluding carboxylic acids is 1. The number of rotatable bonds is 4. The average Bonchev–Trinajstić information content (AvgIpc) is 3.19. The third kappa shape index (κ3) is 2.49. The minimum absolute atomic E-state index is 0.0851. The molecule has 1 aliphatic carbocycles. The van der Waals surface area contributed by atoms with Gasteiger partial charge in [-0.25, -0.2) is 9.37 Å². The molecule has 0 spiro atoms. The van der Waals surface area contributed by atoms with E-state index >= 15 is 0 Å². The van der Waals surface area contributed by atoms with Crippen molar-refractivity contribution in [1.29, 1.82) is 0 Å². The summed E-state index contributed by atoms with van der Waals surface area (Å²) < 4.78 is 15.7. The summed E-state index contributed by atoms with van der Waals surface area (Å²) in [6.07, 6.45) is 1.95. The Bertz CT molecular complexity index is 681. The molecule has 0 aliphatic heterocycles. The number of halogens is 2. The number of nitrogens with one attached hydrogen (secondary N) is 1. The standard InChI is InChI=1S/C13H14BrFN4O/c14-8-5-10-11(6-9(8)15)19(13(16)18-10)4-3-17-12(20)7-1-2-7/h5-7H,1-4H2,(H2,16,18)(H,17,20). The number of fused-ring (bicyclic) bond motifs is 1. The highest BCUT2D eigenvalue weighted by molar-refractivity contribution is 9.10. The van der Waals surface area contributed by atoms with Crippen molar-refractivity contribution in [3.63, 3.8) is 0 Å². The van der Waals surface area contributed by atoms with Gasteiger partial charge >= 0.3 is 0 Å². The lowest BCUT2D eigenvalue weighted by molar-refractivity contribution is -0.122. The van der Waals surface area contributed by atoms with Gasteiger partial charge in [0.25, 0.3) is 0 Å². The van der Waals surface area contributed by atoms with Crippen molar-refractivity contribution in [2.24, 2.45) is 5.92 Å². The SMILES string of the molecule is Nc1nc2cc(Br)c(F)cc2n1CCNC(=O)C1CC1. The van der Waals surface area contributed by atoms with Gasteiger partial charge < -0.3 is 15.6 Å². The van der Waals surface area contributed by atoms with Gasteiger partial charge in [0.05, 0.1) is 15.5 Å². The van der Waals surface area contributed by atoms with Crippen molar-refractivity contribution in [2.45, 2.75) is 19.4 Å². The number of amides is 1. The van der Waals surface area contributed by atoms with Gasteiger partial charge in [-0.2, -0.15) is 0 Å². The van der Waals surface area contributed by atoms with Crippen molar-refractivity contribution >= 4 is 38.8 Å². The molecular weight excluding hydrogens is 327 g/mol. The maximum absolute atomic E-state index is 13.6. The quantitative estimate of drug-likeness (QED) is 0.894. The first kappa shape index (κ1) is 13.4. The fourth-order valence-electron chi connectivity index (χ4n) is 2.15. The van der Waals surface area contributed by atoms with Crippen molar-refractivity contribution in [3.8, 4) is 0 Å². The van der Waals surface area contributed by atoms with Gasteiger partial charge in [0, 0.05) is 25.1 Å². The molecule has 3 rings (SSSR count). The van der Waals surface area contributed by atoms with E-state index < -0.39 is 0 Å². The van der Waals surface area contributed by atoms with Crippen molar-refractivity contribution < 1.29 is 9.18 Å². The fraction of sp³-hybridized carbons (Fsp3) is 0.385. The van der Waals surface area contributed by atoms with Gasteiger partial charge in [-0.15, -0.1) is 0 Å². The monoisotopic (exact) mass is 340 g/mol.